The number of aryl methyl sites for hydroxylation is 1. The normalized spacial score (nSPS) is 12.2. The van der Waals surface area contributed by atoms with Gasteiger partial charge in [-0.3, -0.25) is 0 Å². The molecule has 1 aromatic rings. The molecule has 1 rings (SSSR count). The first-order valence-electron chi connectivity index (χ1n) is 5.95. The standard InChI is InChI=1S/C12H20N4OS/c1-5-17-6-7(2)14-12-10(11(13)18)8(3)9(4)15-16-12/h7H,5-6H2,1-4H3,(H2,13,18)(H,14,16). The van der Waals surface area contributed by atoms with Gasteiger partial charge >= 0.3 is 0 Å². The molecule has 3 N–H and O–H groups in total. The second-order valence-electron chi connectivity index (χ2n) is 4.20. The minimum atomic E-state index is 0.120. The Bertz CT molecular complexity index is 436. The van der Waals surface area contributed by atoms with Crippen LogP contribution in [0, 0.1) is 13.8 Å². The van der Waals surface area contributed by atoms with E-state index in [1.54, 1.807) is 0 Å². The van der Waals surface area contributed by atoms with Crippen LogP contribution in [-0.4, -0.2) is 34.4 Å². The summed E-state index contributed by atoms with van der Waals surface area (Å²) < 4.78 is 5.35. The smallest absolute Gasteiger partial charge is 0.159 e. The Balaban J connectivity index is 2.95. The fourth-order valence-corrected chi connectivity index (χ4v) is 1.83. The first-order valence-corrected chi connectivity index (χ1v) is 6.36. The van der Waals surface area contributed by atoms with Crippen LogP contribution in [0.5, 0.6) is 0 Å². The Morgan fingerprint density at radius 3 is 2.67 bits per heavy atom. The molecule has 0 amide bonds. The van der Waals surface area contributed by atoms with Gasteiger partial charge in [0, 0.05) is 12.6 Å². The molecule has 0 bridgehead atoms. The fraction of sp³-hybridized carbons (Fsp3) is 0.583. The van der Waals surface area contributed by atoms with E-state index in [4.69, 9.17) is 22.7 Å². The van der Waals surface area contributed by atoms with Crippen LogP contribution >= 0.6 is 12.2 Å². The molecule has 0 spiro atoms. The maximum Gasteiger partial charge on any atom is 0.159 e. The van der Waals surface area contributed by atoms with Crippen molar-refractivity contribution in [2.24, 2.45) is 5.73 Å². The van der Waals surface area contributed by atoms with E-state index in [1.807, 2.05) is 27.7 Å². The number of ether oxygens (including phenoxy) is 1. The molecule has 0 fully saturated rings. The van der Waals surface area contributed by atoms with E-state index in [0.717, 1.165) is 16.8 Å². The minimum Gasteiger partial charge on any atom is -0.389 e. The lowest BCUT2D eigenvalue weighted by Gasteiger charge is -2.17. The maximum atomic E-state index is 5.75. The molecule has 1 heterocycles. The van der Waals surface area contributed by atoms with Crippen molar-refractivity contribution >= 4 is 23.0 Å². The average molecular weight is 268 g/mol. The van der Waals surface area contributed by atoms with Crippen LogP contribution < -0.4 is 11.1 Å². The number of hydrogen-bond acceptors (Lipinski definition) is 5. The van der Waals surface area contributed by atoms with Gasteiger partial charge in [0.2, 0.25) is 0 Å². The highest BCUT2D eigenvalue weighted by Crippen LogP contribution is 2.18. The van der Waals surface area contributed by atoms with Crippen LogP contribution in [0.2, 0.25) is 0 Å². The van der Waals surface area contributed by atoms with Crippen LogP contribution in [-0.2, 0) is 4.74 Å². The lowest BCUT2D eigenvalue weighted by Crippen LogP contribution is -2.26. The summed E-state index contributed by atoms with van der Waals surface area (Å²) in [7, 11) is 0. The Hall–Kier alpha value is -1.27. The predicted molar refractivity (Wildman–Crippen MR) is 77.0 cm³/mol. The highest BCUT2D eigenvalue weighted by atomic mass is 32.1. The number of nitrogens with two attached hydrogens (primary N) is 1. The molecule has 0 aromatic carbocycles. The van der Waals surface area contributed by atoms with Crippen molar-refractivity contribution < 1.29 is 4.74 Å². The molecule has 0 saturated heterocycles. The largest absolute Gasteiger partial charge is 0.389 e. The summed E-state index contributed by atoms with van der Waals surface area (Å²) in [5.41, 5.74) is 8.31. The third kappa shape index (κ3) is 3.61. The molecular weight excluding hydrogens is 248 g/mol. The summed E-state index contributed by atoms with van der Waals surface area (Å²) in [5.74, 6) is 0.623. The lowest BCUT2D eigenvalue weighted by molar-refractivity contribution is 0.141. The monoisotopic (exact) mass is 268 g/mol. The van der Waals surface area contributed by atoms with E-state index in [1.165, 1.54) is 0 Å². The molecule has 1 unspecified atom stereocenters. The summed E-state index contributed by atoms with van der Waals surface area (Å²) >= 11 is 5.08. The number of nitrogens with one attached hydrogen (secondary N) is 1. The van der Waals surface area contributed by atoms with Gasteiger partial charge in [0.15, 0.2) is 5.82 Å². The molecule has 6 heteroatoms. The Labute approximate surface area is 113 Å². The molecule has 0 aliphatic carbocycles. The van der Waals surface area contributed by atoms with Gasteiger partial charge in [0.05, 0.1) is 17.9 Å². The summed E-state index contributed by atoms with van der Waals surface area (Å²) in [6.45, 7) is 9.09. The zero-order chi connectivity index (χ0) is 13.7. The van der Waals surface area contributed by atoms with Gasteiger partial charge < -0.3 is 15.8 Å². The van der Waals surface area contributed by atoms with Gasteiger partial charge in [0.1, 0.15) is 4.99 Å². The van der Waals surface area contributed by atoms with E-state index >= 15 is 0 Å². The van der Waals surface area contributed by atoms with Crippen molar-refractivity contribution in [1.29, 1.82) is 0 Å². The van der Waals surface area contributed by atoms with Gasteiger partial charge in [-0.05, 0) is 33.3 Å². The van der Waals surface area contributed by atoms with E-state index < -0.39 is 0 Å². The fourth-order valence-electron chi connectivity index (χ4n) is 1.58. The van der Waals surface area contributed by atoms with Crippen molar-refractivity contribution in [2.45, 2.75) is 33.7 Å². The SMILES string of the molecule is CCOCC(C)Nc1nnc(C)c(C)c1C(N)=S. The van der Waals surface area contributed by atoms with E-state index in [0.29, 0.717) is 24.0 Å². The molecule has 0 aliphatic rings. The van der Waals surface area contributed by atoms with Crippen molar-refractivity contribution in [3.63, 3.8) is 0 Å². The molecule has 0 radical (unpaired) electrons. The molecule has 0 aliphatic heterocycles. The quantitative estimate of drug-likeness (QED) is 0.763. The molecule has 18 heavy (non-hydrogen) atoms. The number of nitrogens with zero attached hydrogens (tertiary/aromatic N) is 2. The zero-order valence-corrected chi connectivity index (χ0v) is 12.1. The Morgan fingerprint density at radius 1 is 1.44 bits per heavy atom. The van der Waals surface area contributed by atoms with Crippen LogP contribution in [0.1, 0.15) is 30.7 Å². The van der Waals surface area contributed by atoms with Gasteiger partial charge in [-0.25, -0.2) is 0 Å². The Morgan fingerprint density at radius 2 is 2.11 bits per heavy atom. The zero-order valence-electron chi connectivity index (χ0n) is 11.3. The number of thiocarbonyl (C=S) groups is 1. The van der Waals surface area contributed by atoms with E-state index in [2.05, 4.69) is 15.5 Å². The summed E-state index contributed by atoms with van der Waals surface area (Å²) in [6.07, 6.45) is 0. The van der Waals surface area contributed by atoms with E-state index in [-0.39, 0.29) is 6.04 Å². The second-order valence-corrected chi connectivity index (χ2v) is 4.64. The highest BCUT2D eigenvalue weighted by molar-refractivity contribution is 7.80. The summed E-state index contributed by atoms with van der Waals surface area (Å²) in [5, 5.41) is 11.4. The molecule has 5 nitrogen and oxygen atoms in total. The van der Waals surface area contributed by atoms with Crippen molar-refractivity contribution in [2.75, 3.05) is 18.5 Å². The summed E-state index contributed by atoms with van der Waals surface area (Å²) in [4.78, 5) is 0.330. The third-order valence-electron chi connectivity index (χ3n) is 2.66. The number of hydrogen-bond donors (Lipinski definition) is 2. The topological polar surface area (TPSA) is 73.1 Å². The molecular formula is C12H20N4OS. The van der Waals surface area contributed by atoms with Crippen LogP contribution in [0.3, 0.4) is 0 Å². The average Bonchev–Trinajstić information content (AvgIpc) is 2.31. The number of rotatable bonds is 6. The molecule has 1 atom stereocenters. The van der Waals surface area contributed by atoms with Gasteiger partial charge in [0.25, 0.3) is 0 Å². The number of aromatic nitrogens is 2. The van der Waals surface area contributed by atoms with Gasteiger partial charge in [-0.1, -0.05) is 12.2 Å². The second kappa shape index (κ2) is 6.61. The van der Waals surface area contributed by atoms with Crippen molar-refractivity contribution in [3.8, 4) is 0 Å². The minimum absolute atomic E-state index is 0.120. The Kier molecular flexibility index (Phi) is 5.43. The van der Waals surface area contributed by atoms with Crippen LogP contribution in [0.15, 0.2) is 0 Å². The number of anilines is 1. The third-order valence-corrected chi connectivity index (χ3v) is 2.86. The van der Waals surface area contributed by atoms with Crippen LogP contribution in [0.4, 0.5) is 5.82 Å². The lowest BCUT2D eigenvalue weighted by atomic mass is 10.1. The van der Waals surface area contributed by atoms with Crippen molar-refractivity contribution in [3.05, 3.63) is 16.8 Å². The maximum absolute atomic E-state index is 5.75. The summed E-state index contributed by atoms with van der Waals surface area (Å²) in [6, 6.07) is 0.120. The predicted octanol–water partition coefficient (Wildman–Crippen LogP) is 1.56. The first-order chi connectivity index (χ1) is 8.47. The van der Waals surface area contributed by atoms with E-state index in [9.17, 15) is 0 Å². The molecule has 0 saturated carbocycles. The first kappa shape index (κ1) is 14.8. The van der Waals surface area contributed by atoms with Crippen LogP contribution in [0.25, 0.3) is 0 Å². The highest BCUT2D eigenvalue weighted by Gasteiger charge is 2.15. The molecule has 1 aromatic heterocycles. The van der Waals surface area contributed by atoms with Gasteiger partial charge in [-0.2, -0.15) is 5.10 Å². The molecule has 100 valence electrons. The van der Waals surface area contributed by atoms with Gasteiger partial charge in [-0.15, -0.1) is 5.10 Å². The van der Waals surface area contributed by atoms with Crippen molar-refractivity contribution in [1.82, 2.24) is 10.2 Å².